The minimum atomic E-state index is -0.594. The Bertz CT molecular complexity index is 811. The SMILES string of the molecule is CCCNC(=O)C(C)N(Cc1ccccc1)C(=O)COc1ccc(CC)cc1Br. The van der Waals surface area contributed by atoms with Crippen LogP contribution in [0.15, 0.2) is 53.0 Å². The first-order valence-corrected chi connectivity index (χ1v) is 10.8. The Labute approximate surface area is 181 Å². The van der Waals surface area contributed by atoms with Crippen LogP contribution < -0.4 is 10.1 Å². The zero-order valence-electron chi connectivity index (χ0n) is 17.3. The molecule has 156 valence electrons. The van der Waals surface area contributed by atoms with Crippen LogP contribution >= 0.6 is 15.9 Å². The molecule has 1 atom stereocenters. The fourth-order valence-electron chi connectivity index (χ4n) is 2.86. The molecule has 0 saturated carbocycles. The van der Waals surface area contributed by atoms with Gasteiger partial charge in [-0.25, -0.2) is 0 Å². The molecule has 29 heavy (non-hydrogen) atoms. The molecule has 1 N–H and O–H groups in total. The van der Waals surface area contributed by atoms with E-state index in [-0.39, 0.29) is 18.4 Å². The van der Waals surface area contributed by atoms with Crippen molar-refractivity contribution in [3.63, 3.8) is 0 Å². The molecule has 2 rings (SSSR count). The standard InChI is InChI=1S/C23H29BrN2O3/c1-4-13-25-23(28)17(3)26(15-19-9-7-6-8-10-19)22(27)16-29-21-12-11-18(5-2)14-20(21)24/h6-12,14,17H,4-5,13,15-16H2,1-3H3,(H,25,28). The molecule has 0 aliphatic heterocycles. The second kappa shape index (κ2) is 11.6. The first-order valence-electron chi connectivity index (χ1n) is 9.98. The van der Waals surface area contributed by atoms with Gasteiger partial charge < -0.3 is 15.0 Å². The van der Waals surface area contributed by atoms with Crippen molar-refractivity contribution in [2.45, 2.75) is 46.2 Å². The van der Waals surface area contributed by atoms with Crippen molar-refractivity contribution in [2.24, 2.45) is 0 Å². The van der Waals surface area contributed by atoms with Crippen LogP contribution in [0.5, 0.6) is 5.75 Å². The minimum absolute atomic E-state index is 0.137. The largest absolute Gasteiger partial charge is 0.483 e. The van der Waals surface area contributed by atoms with E-state index in [0.29, 0.717) is 18.8 Å². The summed E-state index contributed by atoms with van der Waals surface area (Å²) >= 11 is 3.50. The summed E-state index contributed by atoms with van der Waals surface area (Å²) in [4.78, 5) is 27.0. The van der Waals surface area contributed by atoms with Gasteiger partial charge in [-0.05, 0) is 59.0 Å². The number of rotatable bonds is 10. The maximum absolute atomic E-state index is 13.0. The van der Waals surface area contributed by atoms with Gasteiger partial charge in [-0.1, -0.05) is 50.2 Å². The molecule has 2 aromatic carbocycles. The van der Waals surface area contributed by atoms with Crippen LogP contribution in [-0.4, -0.2) is 35.9 Å². The van der Waals surface area contributed by atoms with E-state index >= 15 is 0 Å². The quantitative estimate of drug-likeness (QED) is 0.573. The van der Waals surface area contributed by atoms with Gasteiger partial charge in [0.05, 0.1) is 4.47 Å². The smallest absolute Gasteiger partial charge is 0.261 e. The summed E-state index contributed by atoms with van der Waals surface area (Å²) in [6.07, 6.45) is 1.77. The number of nitrogens with zero attached hydrogens (tertiary/aromatic N) is 1. The highest BCUT2D eigenvalue weighted by molar-refractivity contribution is 9.10. The molecule has 0 fully saturated rings. The Morgan fingerprint density at radius 2 is 1.83 bits per heavy atom. The Hall–Kier alpha value is -2.34. The first-order chi connectivity index (χ1) is 14.0. The maximum atomic E-state index is 13.0. The zero-order valence-corrected chi connectivity index (χ0v) is 18.9. The average molecular weight is 461 g/mol. The number of halogens is 1. The molecule has 6 heteroatoms. The van der Waals surface area contributed by atoms with Gasteiger partial charge in [0.25, 0.3) is 5.91 Å². The lowest BCUT2D eigenvalue weighted by Crippen LogP contribution is -2.49. The van der Waals surface area contributed by atoms with Crippen molar-refractivity contribution >= 4 is 27.7 Å². The Morgan fingerprint density at radius 1 is 1.10 bits per heavy atom. The fraction of sp³-hybridized carbons (Fsp3) is 0.391. The number of hydrogen-bond acceptors (Lipinski definition) is 3. The molecule has 1 unspecified atom stereocenters. The van der Waals surface area contributed by atoms with E-state index in [1.807, 2.05) is 55.5 Å². The van der Waals surface area contributed by atoms with Gasteiger partial charge in [-0.3, -0.25) is 9.59 Å². The fourth-order valence-corrected chi connectivity index (χ4v) is 3.40. The lowest BCUT2D eigenvalue weighted by Gasteiger charge is -2.28. The van der Waals surface area contributed by atoms with Crippen molar-refractivity contribution in [3.8, 4) is 5.75 Å². The van der Waals surface area contributed by atoms with Crippen LogP contribution in [0.4, 0.5) is 0 Å². The molecule has 5 nitrogen and oxygen atoms in total. The predicted molar refractivity (Wildman–Crippen MR) is 119 cm³/mol. The number of nitrogens with one attached hydrogen (secondary N) is 1. The number of aryl methyl sites for hydroxylation is 1. The van der Waals surface area contributed by atoms with Gasteiger partial charge in [0.2, 0.25) is 5.91 Å². The second-order valence-electron chi connectivity index (χ2n) is 6.88. The molecule has 0 spiro atoms. The monoisotopic (exact) mass is 460 g/mol. The third-order valence-corrected chi connectivity index (χ3v) is 5.29. The van der Waals surface area contributed by atoms with E-state index < -0.39 is 6.04 Å². The molecule has 0 radical (unpaired) electrons. The molecule has 0 aromatic heterocycles. The van der Waals surface area contributed by atoms with E-state index in [0.717, 1.165) is 22.9 Å². The summed E-state index contributed by atoms with van der Waals surface area (Å²) in [5.41, 5.74) is 2.15. The number of hydrogen-bond donors (Lipinski definition) is 1. The topological polar surface area (TPSA) is 58.6 Å². The van der Waals surface area contributed by atoms with E-state index in [1.54, 1.807) is 11.8 Å². The van der Waals surface area contributed by atoms with Crippen LogP contribution in [0.2, 0.25) is 0 Å². The number of amides is 2. The minimum Gasteiger partial charge on any atom is -0.483 e. The second-order valence-corrected chi connectivity index (χ2v) is 7.74. The van der Waals surface area contributed by atoms with Gasteiger partial charge in [-0.15, -0.1) is 0 Å². The molecular weight excluding hydrogens is 432 g/mol. The number of carbonyl (C=O) groups is 2. The van der Waals surface area contributed by atoms with E-state index in [2.05, 4.69) is 28.2 Å². The van der Waals surface area contributed by atoms with Gasteiger partial charge in [0, 0.05) is 13.1 Å². The summed E-state index contributed by atoms with van der Waals surface area (Å²) in [6, 6.07) is 14.9. The van der Waals surface area contributed by atoms with Gasteiger partial charge >= 0.3 is 0 Å². The number of ether oxygens (including phenoxy) is 1. The Balaban J connectivity index is 2.11. The summed E-state index contributed by atoms with van der Waals surface area (Å²) < 4.78 is 6.57. The van der Waals surface area contributed by atoms with E-state index in [1.165, 1.54) is 5.56 Å². The van der Waals surface area contributed by atoms with Crippen molar-refractivity contribution in [1.82, 2.24) is 10.2 Å². The first kappa shape index (κ1) is 22.9. The van der Waals surface area contributed by atoms with Gasteiger partial charge in [0.1, 0.15) is 11.8 Å². The summed E-state index contributed by atoms with van der Waals surface area (Å²) in [5, 5.41) is 2.87. The molecule has 0 saturated heterocycles. The van der Waals surface area contributed by atoms with Gasteiger partial charge in [0.15, 0.2) is 6.61 Å². The summed E-state index contributed by atoms with van der Waals surface area (Å²) in [7, 11) is 0. The van der Waals surface area contributed by atoms with Crippen LogP contribution in [0, 0.1) is 0 Å². The van der Waals surface area contributed by atoms with Crippen LogP contribution in [0.25, 0.3) is 0 Å². The Morgan fingerprint density at radius 3 is 2.45 bits per heavy atom. The van der Waals surface area contributed by atoms with Gasteiger partial charge in [-0.2, -0.15) is 0 Å². The average Bonchev–Trinajstić information content (AvgIpc) is 2.74. The molecule has 0 bridgehead atoms. The highest BCUT2D eigenvalue weighted by atomic mass is 79.9. The lowest BCUT2D eigenvalue weighted by molar-refractivity contribution is -0.142. The highest BCUT2D eigenvalue weighted by Crippen LogP contribution is 2.26. The van der Waals surface area contributed by atoms with E-state index in [4.69, 9.17) is 4.74 Å². The Kier molecular flexibility index (Phi) is 9.19. The predicted octanol–water partition coefficient (Wildman–Crippen LogP) is 4.33. The van der Waals surface area contributed by atoms with Crippen LogP contribution in [0.1, 0.15) is 38.3 Å². The third-order valence-electron chi connectivity index (χ3n) is 4.67. The molecule has 0 heterocycles. The molecular formula is C23H29BrN2O3. The summed E-state index contributed by atoms with van der Waals surface area (Å²) in [6.45, 7) is 6.62. The van der Waals surface area contributed by atoms with Crippen LogP contribution in [0.3, 0.4) is 0 Å². The lowest BCUT2D eigenvalue weighted by atomic mass is 10.1. The molecule has 0 aliphatic carbocycles. The summed E-state index contributed by atoms with van der Waals surface area (Å²) in [5.74, 6) is 0.211. The van der Waals surface area contributed by atoms with Crippen molar-refractivity contribution < 1.29 is 14.3 Å². The molecule has 0 aliphatic rings. The highest BCUT2D eigenvalue weighted by Gasteiger charge is 2.26. The van der Waals surface area contributed by atoms with Crippen molar-refractivity contribution in [2.75, 3.05) is 13.2 Å². The van der Waals surface area contributed by atoms with E-state index in [9.17, 15) is 9.59 Å². The zero-order chi connectivity index (χ0) is 21.2. The number of carbonyl (C=O) groups excluding carboxylic acids is 2. The molecule has 2 amide bonds. The molecule has 2 aromatic rings. The number of benzene rings is 2. The normalized spacial score (nSPS) is 11.6. The maximum Gasteiger partial charge on any atom is 0.261 e. The van der Waals surface area contributed by atoms with Crippen LogP contribution in [-0.2, 0) is 22.6 Å². The van der Waals surface area contributed by atoms with Crippen molar-refractivity contribution in [3.05, 3.63) is 64.1 Å². The van der Waals surface area contributed by atoms with Crippen molar-refractivity contribution in [1.29, 1.82) is 0 Å². The third kappa shape index (κ3) is 6.89.